The second-order valence-corrected chi connectivity index (χ2v) is 7.84. The molecule has 0 bridgehead atoms. The highest BCUT2D eigenvalue weighted by Gasteiger charge is 2.26. The third kappa shape index (κ3) is 5.28. The molecular weight excluding hydrogens is 407 g/mol. The molecule has 2 aromatic carbocycles. The Morgan fingerprint density at radius 2 is 2.00 bits per heavy atom. The number of aliphatic imine (C=N–C) groups is 1. The molecule has 0 saturated carbocycles. The van der Waals surface area contributed by atoms with Gasteiger partial charge in [0.25, 0.3) is 0 Å². The predicted molar refractivity (Wildman–Crippen MR) is 124 cm³/mol. The maximum Gasteiger partial charge on any atom is 0.226 e. The van der Waals surface area contributed by atoms with Crippen molar-refractivity contribution in [2.24, 2.45) is 4.99 Å². The van der Waals surface area contributed by atoms with E-state index >= 15 is 0 Å². The molecular formula is C25H29FN4O2. The molecule has 4 rings (SSSR count). The zero-order valence-electron chi connectivity index (χ0n) is 18.6. The van der Waals surface area contributed by atoms with Gasteiger partial charge in [0.2, 0.25) is 5.89 Å². The molecule has 1 aliphatic rings. The average molecular weight is 437 g/mol. The number of oxazole rings is 1. The molecule has 1 atom stereocenters. The normalized spacial score (nSPS) is 16.4. The second-order valence-electron chi connectivity index (χ2n) is 7.84. The van der Waals surface area contributed by atoms with Gasteiger partial charge in [0.1, 0.15) is 17.8 Å². The van der Waals surface area contributed by atoms with Crippen molar-refractivity contribution in [2.45, 2.75) is 25.7 Å². The summed E-state index contributed by atoms with van der Waals surface area (Å²) >= 11 is 0. The van der Waals surface area contributed by atoms with Crippen molar-refractivity contribution in [2.75, 3.05) is 33.3 Å². The highest BCUT2D eigenvalue weighted by Crippen LogP contribution is 2.28. The van der Waals surface area contributed by atoms with Crippen molar-refractivity contribution >= 4 is 5.96 Å². The summed E-state index contributed by atoms with van der Waals surface area (Å²) in [7, 11) is 1.69. The van der Waals surface area contributed by atoms with E-state index in [-0.39, 0.29) is 5.82 Å². The lowest BCUT2D eigenvalue weighted by Crippen LogP contribution is -2.40. The maximum absolute atomic E-state index is 13.1. The fourth-order valence-corrected chi connectivity index (χ4v) is 3.95. The van der Waals surface area contributed by atoms with Gasteiger partial charge >= 0.3 is 0 Å². The van der Waals surface area contributed by atoms with Crippen molar-refractivity contribution in [1.82, 2.24) is 15.2 Å². The Bertz CT molecular complexity index is 1030. The molecule has 0 spiro atoms. The molecule has 3 aromatic rings. The largest absolute Gasteiger partial charge is 0.497 e. The number of hydrogen-bond acceptors (Lipinski definition) is 4. The van der Waals surface area contributed by atoms with Crippen LogP contribution in [0.3, 0.4) is 0 Å². The summed E-state index contributed by atoms with van der Waals surface area (Å²) in [4.78, 5) is 11.7. The number of ether oxygens (including phenoxy) is 1. The fourth-order valence-electron chi connectivity index (χ4n) is 3.95. The Labute approximate surface area is 188 Å². The van der Waals surface area contributed by atoms with Gasteiger partial charge < -0.3 is 19.4 Å². The predicted octanol–water partition coefficient (Wildman–Crippen LogP) is 4.49. The number of aromatic nitrogens is 1. The van der Waals surface area contributed by atoms with Crippen LogP contribution in [0, 0.1) is 5.82 Å². The van der Waals surface area contributed by atoms with Gasteiger partial charge in [-0.2, -0.15) is 0 Å². The summed E-state index contributed by atoms with van der Waals surface area (Å²) in [6.07, 6.45) is 3.42. The number of likely N-dealkylation sites (tertiary alicyclic amines) is 1. The van der Waals surface area contributed by atoms with Gasteiger partial charge in [-0.3, -0.25) is 4.99 Å². The number of methoxy groups -OCH3 is 1. The first-order valence-electron chi connectivity index (χ1n) is 11.0. The smallest absolute Gasteiger partial charge is 0.226 e. The Kier molecular flexibility index (Phi) is 7.04. The summed E-state index contributed by atoms with van der Waals surface area (Å²) in [5.74, 6) is 2.53. The molecule has 0 radical (unpaired) electrons. The first-order chi connectivity index (χ1) is 15.7. The molecule has 1 aliphatic heterocycles. The molecule has 7 heteroatoms. The topological polar surface area (TPSA) is 62.9 Å². The van der Waals surface area contributed by atoms with E-state index in [2.05, 4.69) is 34.3 Å². The van der Waals surface area contributed by atoms with E-state index in [4.69, 9.17) is 14.1 Å². The van der Waals surface area contributed by atoms with Crippen molar-refractivity contribution in [3.63, 3.8) is 0 Å². The molecule has 1 N–H and O–H groups in total. The summed E-state index contributed by atoms with van der Waals surface area (Å²) in [6.45, 7) is 5.43. The quantitative estimate of drug-likeness (QED) is 0.437. The number of halogens is 1. The van der Waals surface area contributed by atoms with Crippen LogP contribution in [0.2, 0.25) is 0 Å². The molecule has 1 fully saturated rings. The summed E-state index contributed by atoms with van der Waals surface area (Å²) in [5.41, 5.74) is 2.93. The van der Waals surface area contributed by atoms with Gasteiger partial charge in [-0.1, -0.05) is 12.1 Å². The minimum absolute atomic E-state index is 0.276. The van der Waals surface area contributed by atoms with Crippen LogP contribution in [0.25, 0.3) is 11.5 Å². The number of nitrogens with one attached hydrogen (secondary N) is 1. The lowest BCUT2D eigenvalue weighted by Gasteiger charge is -2.21. The Morgan fingerprint density at radius 1 is 1.22 bits per heavy atom. The Hall–Kier alpha value is -3.35. The molecule has 1 saturated heterocycles. The van der Waals surface area contributed by atoms with E-state index < -0.39 is 0 Å². The zero-order chi connectivity index (χ0) is 22.3. The number of nitrogens with zero attached hydrogens (tertiary/aromatic N) is 3. The van der Waals surface area contributed by atoms with Crippen LogP contribution in [-0.2, 0) is 6.42 Å². The minimum Gasteiger partial charge on any atom is -0.497 e. The number of guanidine groups is 1. The maximum atomic E-state index is 13.1. The van der Waals surface area contributed by atoms with Gasteiger partial charge in [-0.15, -0.1) is 0 Å². The van der Waals surface area contributed by atoms with Gasteiger partial charge in [0.15, 0.2) is 5.96 Å². The van der Waals surface area contributed by atoms with Crippen LogP contribution < -0.4 is 10.1 Å². The van der Waals surface area contributed by atoms with Crippen molar-refractivity contribution in [3.05, 3.63) is 71.9 Å². The molecule has 6 nitrogen and oxygen atoms in total. The van der Waals surface area contributed by atoms with Gasteiger partial charge in [-0.05, 0) is 55.3 Å². The number of rotatable bonds is 7. The summed E-state index contributed by atoms with van der Waals surface area (Å²) in [5, 5.41) is 3.41. The highest BCUT2D eigenvalue weighted by molar-refractivity contribution is 5.80. The first-order valence-corrected chi connectivity index (χ1v) is 11.0. The Balaban J connectivity index is 1.35. The van der Waals surface area contributed by atoms with Crippen LogP contribution in [0.15, 0.2) is 64.2 Å². The van der Waals surface area contributed by atoms with Gasteiger partial charge in [0.05, 0.1) is 12.8 Å². The lowest BCUT2D eigenvalue weighted by molar-refractivity contribution is 0.414. The second kappa shape index (κ2) is 10.3. The molecule has 2 heterocycles. The van der Waals surface area contributed by atoms with Gasteiger partial charge in [-0.25, -0.2) is 9.37 Å². The van der Waals surface area contributed by atoms with Crippen LogP contribution in [0.5, 0.6) is 5.75 Å². The van der Waals surface area contributed by atoms with Gasteiger partial charge in [0, 0.05) is 44.1 Å². The monoisotopic (exact) mass is 436 g/mol. The van der Waals surface area contributed by atoms with Crippen LogP contribution in [0.4, 0.5) is 4.39 Å². The molecule has 32 heavy (non-hydrogen) atoms. The number of hydrogen-bond donors (Lipinski definition) is 1. The SMILES string of the molecule is CCNC(=NCCc1coc(-c2ccc(F)cc2)n1)N1CCC(c2ccc(OC)cc2)C1. The number of benzene rings is 2. The third-order valence-electron chi connectivity index (χ3n) is 5.68. The van der Waals surface area contributed by atoms with E-state index in [0.717, 1.165) is 49.0 Å². The molecule has 1 unspecified atom stereocenters. The summed E-state index contributed by atoms with van der Waals surface area (Å²) in [6, 6.07) is 14.5. The van der Waals surface area contributed by atoms with Crippen molar-refractivity contribution in [3.8, 4) is 17.2 Å². The van der Waals surface area contributed by atoms with Crippen molar-refractivity contribution in [1.29, 1.82) is 0 Å². The molecule has 0 aliphatic carbocycles. The van der Waals surface area contributed by atoms with E-state index in [1.807, 2.05) is 12.1 Å². The molecule has 1 aromatic heterocycles. The van der Waals surface area contributed by atoms with Crippen LogP contribution in [-0.4, -0.2) is 49.1 Å². The van der Waals surface area contributed by atoms with Crippen LogP contribution >= 0.6 is 0 Å². The third-order valence-corrected chi connectivity index (χ3v) is 5.68. The molecule has 0 amide bonds. The molecule has 168 valence electrons. The average Bonchev–Trinajstić information content (AvgIpc) is 3.49. The van der Waals surface area contributed by atoms with E-state index in [1.165, 1.54) is 17.7 Å². The van der Waals surface area contributed by atoms with E-state index in [1.54, 1.807) is 25.5 Å². The fraction of sp³-hybridized carbons (Fsp3) is 0.360. The zero-order valence-corrected chi connectivity index (χ0v) is 18.6. The van der Waals surface area contributed by atoms with E-state index in [9.17, 15) is 4.39 Å². The van der Waals surface area contributed by atoms with Crippen LogP contribution in [0.1, 0.15) is 30.5 Å². The van der Waals surface area contributed by atoms with E-state index in [0.29, 0.717) is 24.8 Å². The standard InChI is InChI=1S/C25H29FN4O2/c1-3-27-25(30-15-13-20(16-30)18-6-10-23(31-2)11-7-18)28-14-12-22-17-32-24(29-22)19-4-8-21(26)9-5-19/h4-11,17,20H,3,12-16H2,1-2H3,(H,27,28). The highest BCUT2D eigenvalue weighted by atomic mass is 19.1. The minimum atomic E-state index is -0.276. The lowest BCUT2D eigenvalue weighted by atomic mass is 9.98. The summed E-state index contributed by atoms with van der Waals surface area (Å²) < 4.78 is 23.9. The Morgan fingerprint density at radius 3 is 2.72 bits per heavy atom. The van der Waals surface area contributed by atoms with Crippen molar-refractivity contribution < 1.29 is 13.5 Å². The first kappa shape index (κ1) is 21.9.